The lowest BCUT2D eigenvalue weighted by atomic mass is 10.1. The molecule has 0 saturated carbocycles. The fourth-order valence-electron chi connectivity index (χ4n) is 3.21. The van der Waals surface area contributed by atoms with Crippen LogP contribution in [0.4, 0.5) is 0 Å². The van der Waals surface area contributed by atoms with Gasteiger partial charge in [-0.1, -0.05) is 12.5 Å². The number of benzene rings is 1. The van der Waals surface area contributed by atoms with Crippen molar-refractivity contribution in [3.63, 3.8) is 0 Å². The fraction of sp³-hybridized carbons (Fsp3) is 0.400. The van der Waals surface area contributed by atoms with Gasteiger partial charge in [-0.2, -0.15) is 4.31 Å². The van der Waals surface area contributed by atoms with Crippen molar-refractivity contribution >= 4 is 15.9 Å². The second-order valence-corrected chi connectivity index (χ2v) is 8.77. The third-order valence-corrected chi connectivity index (χ3v) is 6.76. The SMILES string of the molecule is COc1cc(CNC(=O)c2cc(S(=O)(=O)N3CCCCC3)ccc2C)ccn1. The summed E-state index contributed by atoms with van der Waals surface area (Å²) in [5.74, 6) is 0.154. The van der Waals surface area contributed by atoms with Crippen molar-refractivity contribution in [2.45, 2.75) is 37.6 Å². The summed E-state index contributed by atoms with van der Waals surface area (Å²) in [6, 6.07) is 8.25. The summed E-state index contributed by atoms with van der Waals surface area (Å²) in [6.07, 6.45) is 4.40. The minimum atomic E-state index is -3.58. The molecule has 8 heteroatoms. The number of nitrogens with one attached hydrogen (secondary N) is 1. The summed E-state index contributed by atoms with van der Waals surface area (Å²) in [7, 11) is -2.05. The number of aromatic nitrogens is 1. The molecule has 2 heterocycles. The molecule has 0 spiro atoms. The normalized spacial score (nSPS) is 15.2. The van der Waals surface area contributed by atoms with Gasteiger partial charge >= 0.3 is 0 Å². The zero-order valence-electron chi connectivity index (χ0n) is 16.1. The predicted molar refractivity (Wildman–Crippen MR) is 106 cm³/mol. The van der Waals surface area contributed by atoms with Gasteiger partial charge in [0.1, 0.15) is 0 Å². The van der Waals surface area contributed by atoms with Crippen LogP contribution in [0.25, 0.3) is 0 Å². The summed E-state index contributed by atoms with van der Waals surface area (Å²) in [5, 5.41) is 2.83. The number of sulfonamides is 1. The van der Waals surface area contributed by atoms with E-state index in [4.69, 9.17) is 4.74 Å². The van der Waals surface area contributed by atoms with Gasteiger partial charge in [0.25, 0.3) is 5.91 Å². The molecule has 1 aliphatic rings. The van der Waals surface area contributed by atoms with Gasteiger partial charge in [0, 0.05) is 37.5 Å². The number of nitrogens with zero attached hydrogens (tertiary/aromatic N) is 2. The highest BCUT2D eigenvalue weighted by atomic mass is 32.2. The molecule has 0 unspecified atom stereocenters. The maximum absolute atomic E-state index is 12.9. The second-order valence-electron chi connectivity index (χ2n) is 6.83. The van der Waals surface area contributed by atoms with Gasteiger partial charge in [0.15, 0.2) is 0 Å². The number of hydrogen-bond acceptors (Lipinski definition) is 5. The summed E-state index contributed by atoms with van der Waals surface area (Å²) in [5.41, 5.74) is 1.93. The zero-order chi connectivity index (χ0) is 20.1. The first-order chi connectivity index (χ1) is 13.4. The molecule has 1 fully saturated rings. The molecule has 2 aromatic rings. The molecule has 0 radical (unpaired) electrons. The van der Waals surface area contributed by atoms with Crippen LogP contribution in [0.2, 0.25) is 0 Å². The van der Waals surface area contributed by atoms with Crippen LogP contribution >= 0.6 is 0 Å². The molecule has 28 heavy (non-hydrogen) atoms. The molecular formula is C20H25N3O4S. The lowest BCUT2D eigenvalue weighted by Crippen LogP contribution is -2.35. The number of amides is 1. The standard InChI is InChI=1S/C20H25N3O4S/c1-15-6-7-17(28(25,26)23-10-4-3-5-11-23)13-18(15)20(24)22-14-16-8-9-21-19(12-16)27-2/h6-9,12-13H,3-5,10-11,14H2,1-2H3,(H,22,24). The lowest BCUT2D eigenvalue weighted by Gasteiger charge is -2.26. The Bertz CT molecular complexity index is 954. The summed E-state index contributed by atoms with van der Waals surface area (Å²) < 4.78 is 32.4. The summed E-state index contributed by atoms with van der Waals surface area (Å²) >= 11 is 0. The van der Waals surface area contributed by atoms with Crippen LogP contribution in [0.3, 0.4) is 0 Å². The number of rotatable bonds is 6. The molecule has 1 amide bonds. The van der Waals surface area contributed by atoms with Gasteiger partial charge in [-0.05, 0) is 49.1 Å². The number of hydrogen-bond donors (Lipinski definition) is 1. The van der Waals surface area contributed by atoms with Crippen LogP contribution in [-0.2, 0) is 16.6 Å². The molecule has 0 atom stereocenters. The number of aryl methyl sites for hydroxylation is 1. The van der Waals surface area contributed by atoms with Gasteiger partial charge in [-0.25, -0.2) is 13.4 Å². The average molecular weight is 404 g/mol. The first-order valence-electron chi connectivity index (χ1n) is 9.30. The van der Waals surface area contributed by atoms with Crippen molar-refractivity contribution in [3.8, 4) is 5.88 Å². The number of methoxy groups -OCH3 is 1. The summed E-state index contributed by atoms with van der Waals surface area (Å²) in [4.78, 5) is 16.9. The minimum Gasteiger partial charge on any atom is -0.481 e. The van der Waals surface area contributed by atoms with Gasteiger partial charge in [0.2, 0.25) is 15.9 Å². The summed E-state index contributed by atoms with van der Waals surface area (Å²) in [6.45, 7) is 3.14. The molecule has 0 aliphatic carbocycles. The Morgan fingerprint density at radius 3 is 2.64 bits per heavy atom. The molecule has 1 saturated heterocycles. The Hall–Kier alpha value is -2.45. The molecule has 1 aromatic carbocycles. The Morgan fingerprint density at radius 2 is 1.93 bits per heavy atom. The molecule has 1 N–H and O–H groups in total. The van der Waals surface area contributed by atoms with Crippen LogP contribution in [-0.4, -0.2) is 43.8 Å². The maximum atomic E-state index is 12.9. The Balaban J connectivity index is 1.77. The lowest BCUT2D eigenvalue weighted by molar-refractivity contribution is 0.0950. The van der Waals surface area contributed by atoms with Crippen LogP contribution < -0.4 is 10.1 Å². The largest absolute Gasteiger partial charge is 0.481 e. The van der Waals surface area contributed by atoms with E-state index in [-0.39, 0.29) is 10.8 Å². The number of piperidine rings is 1. The van der Waals surface area contributed by atoms with Gasteiger partial charge < -0.3 is 10.1 Å². The van der Waals surface area contributed by atoms with Crippen LogP contribution in [0.5, 0.6) is 5.88 Å². The monoisotopic (exact) mass is 403 g/mol. The first-order valence-corrected chi connectivity index (χ1v) is 10.7. The molecule has 0 bridgehead atoms. The highest BCUT2D eigenvalue weighted by Gasteiger charge is 2.27. The smallest absolute Gasteiger partial charge is 0.251 e. The number of ether oxygens (including phenoxy) is 1. The predicted octanol–water partition coefficient (Wildman–Crippen LogP) is 2.50. The molecule has 1 aliphatic heterocycles. The van der Waals surface area contributed by atoms with E-state index in [1.54, 1.807) is 37.4 Å². The van der Waals surface area contributed by atoms with E-state index in [2.05, 4.69) is 10.3 Å². The van der Waals surface area contributed by atoms with Crippen LogP contribution in [0, 0.1) is 6.92 Å². The van der Waals surface area contributed by atoms with E-state index in [0.29, 0.717) is 31.1 Å². The van der Waals surface area contributed by atoms with E-state index in [9.17, 15) is 13.2 Å². The first kappa shape index (κ1) is 20.3. The van der Waals surface area contributed by atoms with Crippen molar-refractivity contribution in [1.29, 1.82) is 0 Å². The fourth-order valence-corrected chi connectivity index (χ4v) is 4.75. The van der Waals surface area contributed by atoms with Gasteiger partial charge in [-0.3, -0.25) is 4.79 Å². The third kappa shape index (κ3) is 4.51. The van der Waals surface area contributed by atoms with E-state index < -0.39 is 10.0 Å². The highest BCUT2D eigenvalue weighted by Crippen LogP contribution is 2.23. The van der Waals surface area contributed by atoms with Crippen LogP contribution in [0.1, 0.15) is 40.7 Å². The van der Waals surface area contributed by atoms with E-state index in [1.807, 2.05) is 0 Å². The topological polar surface area (TPSA) is 88.6 Å². The third-order valence-electron chi connectivity index (χ3n) is 4.87. The number of carbonyl (C=O) groups is 1. The molecule has 3 rings (SSSR count). The van der Waals surface area contributed by atoms with Crippen molar-refractivity contribution < 1.29 is 17.9 Å². The maximum Gasteiger partial charge on any atom is 0.251 e. The minimum absolute atomic E-state index is 0.163. The Labute approximate surface area is 165 Å². The van der Waals surface area contributed by atoms with Gasteiger partial charge in [-0.15, -0.1) is 0 Å². The van der Waals surface area contributed by atoms with E-state index >= 15 is 0 Å². The Kier molecular flexibility index (Phi) is 6.31. The van der Waals surface area contributed by atoms with Crippen molar-refractivity contribution in [1.82, 2.24) is 14.6 Å². The quantitative estimate of drug-likeness (QED) is 0.801. The molecule has 7 nitrogen and oxygen atoms in total. The van der Waals surface area contributed by atoms with Crippen molar-refractivity contribution in [2.24, 2.45) is 0 Å². The van der Waals surface area contributed by atoms with Gasteiger partial charge in [0.05, 0.1) is 12.0 Å². The number of pyridine rings is 1. The Morgan fingerprint density at radius 1 is 1.18 bits per heavy atom. The highest BCUT2D eigenvalue weighted by molar-refractivity contribution is 7.89. The molecular weight excluding hydrogens is 378 g/mol. The van der Waals surface area contributed by atoms with E-state index in [1.165, 1.54) is 17.5 Å². The van der Waals surface area contributed by atoms with Crippen LogP contribution in [0.15, 0.2) is 41.4 Å². The van der Waals surface area contributed by atoms with Crippen molar-refractivity contribution in [3.05, 3.63) is 53.2 Å². The average Bonchev–Trinajstić information content (AvgIpc) is 2.73. The second kappa shape index (κ2) is 8.70. The van der Waals surface area contributed by atoms with Crippen molar-refractivity contribution in [2.75, 3.05) is 20.2 Å². The zero-order valence-corrected chi connectivity index (χ0v) is 17.0. The number of carbonyl (C=O) groups excluding carboxylic acids is 1. The van der Waals surface area contributed by atoms with E-state index in [0.717, 1.165) is 30.4 Å². The molecule has 150 valence electrons. The molecule has 1 aromatic heterocycles.